The Balaban J connectivity index is 1.43. The van der Waals surface area contributed by atoms with Crippen molar-refractivity contribution >= 4 is 11.8 Å². The highest BCUT2D eigenvalue weighted by molar-refractivity contribution is 5.92. The molecular formula is C17H22N4O3. The maximum absolute atomic E-state index is 12.3. The van der Waals surface area contributed by atoms with Crippen molar-refractivity contribution in [3.8, 4) is 0 Å². The first-order valence-corrected chi connectivity index (χ1v) is 8.30. The Kier molecular flexibility index (Phi) is 5.30. The minimum atomic E-state index is -0.147. The third-order valence-corrected chi connectivity index (χ3v) is 4.26. The second kappa shape index (κ2) is 7.81. The lowest BCUT2D eigenvalue weighted by molar-refractivity contribution is -0.126. The Morgan fingerprint density at radius 2 is 2.33 bits per heavy atom. The number of nitrogens with one attached hydrogen (secondary N) is 1. The van der Waals surface area contributed by atoms with Gasteiger partial charge in [0.2, 0.25) is 5.91 Å². The molecule has 128 valence electrons. The molecule has 1 fully saturated rings. The van der Waals surface area contributed by atoms with Gasteiger partial charge in [-0.25, -0.2) is 4.98 Å². The SMILES string of the molecule is O=C(NCCCn1ccnc1)[C@@H]1CCCN(C(=O)c2ccco2)C1. The standard InChI is InChI=1S/C17H22N4O3/c22-16(19-6-3-8-20-10-7-18-13-20)14-4-1-9-21(12-14)17(23)15-5-2-11-24-15/h2,5,7,10-11,13-14H,1,3-4,6,8-9,12H2,(H,19,22)/t14-/m1/s1. The van der Waals surface area contributed by atoms with Gasteiger partial charge in [-0.2, -0.15) is 0 Å². The van der Waals surface area contributed by atoms with Gasteiger partial charge in [0, 0.05) is 38.6 Å². The number of aryl methyl sites for hydroxylation is 1. The monoisotopic (exact) mass is 330 g/mol. The van der Waals surface area contributed by atoms with E-state index in [0.29, 0.717) is 25.4 Å². The van der Waals surface area contributed by atoms with Crippen LogP contribution in [0.3, 0.4) is 0 Å². The molecule has 3 heterocycles. The van der Waals surface area contributed by atoms with E-state index in [0.717, 1.165) is 25.8 Å². The Morgan fingerprint density at radius 3 is 3.08 bits per heavy atom. The zero-order valence-corrected chi connectivity index (χ0v) is 13.6. The number of amides is 2. The number of hydrogen-bond acceptors (Lipinski definition) is 4. The van der Waals surface area contributed by atoms with Crippen molar-refractivity contribution in [1.29, 1.82) is 0 Å². The zero-order chi connectivity index (χ0) is 16.8. The number of furan rings is 1. The van der Waals surface area contributed by atoms with Crippen molar-refractivity contribution in [2.45, 2.75) is 25.8 Å². The van der Waals surface area contributed by atoms with E-state index in [1.165, 1.54) is 6.26 Å². The lowest BCUT2D eigenvalue weighted by Gasteiger charge is -2.31. The van der Waals surface area contributed by atoms with Crippen LogP contribution >= 0.6 is 0 Å². The number of carbonyl (C=O) groups excluding carboxylic acids is 2. The quantitative estimate of drug-likeness (QED) is 0.815. The van der Waals surface area contributed by atoms with Crippen molar-refractivity contribution < 1.29 is 14.0 Å². The van der Waals surface area contributed by atoms with E-state index >= 15 is 0 Å². The second-order valence-corrected chi connectivity index (χ2v) is 6.01. The van der Waals surface area contributed by atoms with Crippen molar-refractivity contribution in [3.05, 3.63) is 42.9 Å². The first kappa shape index (κ1) is 16.3. The minimum absolute atomic E-state index is 0.0255. The fraction of sp³-hybridized carbons (Fsp3) is 0.471. The average Bonchev–Trinajstić information content (AvgIpc) is 3.31. The molecule has 2 amide bonds. The number of rotatable bonds is 6. The molecule has 1 atom stereocenters. The van der Waals surface area contributed by atoms with Gasteiger partial charge in [0.1, 0.15) is 0 Å². The van der Waals surface area contributed by atoms with Gasteiger partial charge in [-0.05, 0) is 31.4 Å². The summed E-state index contributed by atoms with van der Waals surface area (Å²) in [5.74, 6) is 0.0671. The third-order valence-electron chi connectivity index (χ3n) is 4.26. The molecule has 0 spiro atoms. The van der Waals surface area contributed by atoms with Gasteiger partial charge < -0.3 is 19.2 Å². The maximum atomic E-state index is 12.3. The van der Waals surface area contributed by atoms with E-state index in [4.69, 9.17) is 4.42 Å². The van der Waals surface area contributed by atoms with E-state index in [1.54, 1.807) is 29.6 Å². The predicted octanol–water partition coefficient (Wildman–Crippen LogP) is 1.53. The van der Waals surface area contributed by atoms with Gasteiger partial charge in [-0.3, -0.25) is 9.59 Å². The molecule has 2 aromatic rings. The third kappa shape index (κ3) is 4.04. The first-order chi connectivity index (χ1) is 11.7. The smallest absolute Gasteiger partial charge is 0.289 e. The Labute approximate surface area is 140 Å². The van der Waals surface area contributed by atoms with Crippen LogP contribution in [0.25, 0.3) is 0 Å². The van der Waals surface area contributed by atoms with E-state index in [2.05, 4.69) is 10.3 Å². The van der Waals surface area contributed by atoms with E-state index in [1.807, 2.05) is 10.8 Å². The highest BCUT2D eigenvalue weighted by Crippen LogP contribution is 2.19. The molecule has 7 heteroatoms. The Bertz CT molecular complexity index is 651. The lowest BCUT2D eigenvalue weighted by Crippen LogP contribution is -2.45. The van der Waals surface area contributed by atoms with Crippen molar-refractivity contribution in [3.63, 3.8) is 0 Å². The van der Waals surface area contributed by atoms with Crippen molar-refractivity contribution in [2.75, 3.05) is 19.6 Å². The molecule has 0 radical (unpaired) electrons. The van der Waals surface area contributed by atoms with Crippen LogP contribution < -0.4 is 5.32 Å². The lowest BCUT2D eigenvalue weighted by atomic mass is 9.97. The van der Waals surface area contributed by atoms with Crippen LogP contribution in [0.2, 0.25) is 0 Å². The topological polar surface area (TPSA) is 80.4 Å². The summed E-state index contributed by atoms with van der Waals surface area (Å²) in [7, 11) is 0. The highest BCUT2D eigenvalue weighted by Gasteiger charge is 2.29. The molecule has 1 aliphatic rings. The summed E-state index contributed by atoms with van der Waals surface area (Å²) < 4.78 is 7.14. The average molecular weight is 330 g/mol. The molecule has 0 saturated carbocycles. The Morgan fingerprint density at radius 1 is 1.42 bits per heavy atom. The molecule has 0 unspecified atom stereocenters. The molecule has 24 heavy (non-hydrogen) atoms. The van der Waals surface area contributed by atoms with Gasteiger partial charge in [0.25, 0.3) is 5.91 Å². The van der Waals surface area contributed by atoms with Crippen molar-refractivity contribution in [2.24, 2.45) is 5.92 Å². The van der Waals surface area contributed by atoms with Gasteiger partial charge in [0.05, 0.1) is 18.5 Å². The fourth-order valence-corrected chi connectivity index (χ4v) is 2.97. The van der Waals surface area contributed by atoms with Crippen LogP contribution in [0.15, 0.2) is 41.5 Å². The van der Waals surface area contributed by atoms with E-state index < -0.39 is 0 Å². The predicted molar refractivity (Wildman–Crippen MR) is 87.2 cm³/mol. The number of aromatic nitrogens is 2. The van der Waals surface area contributed by atoms with Gasteiger partial charge in [-0.1, -0.05) is 0 Å². The summed E-state index contributed by atoms with van der Waals surface area (Å²) in [5.41, 5.74) is 0. The van der Waals surface area contributed by atoms with Crippen LogP contribution in [0.4, 0.5) is 0 Å². The number of carbonyl (C=O) groups is 2. The molecule has 1 aliphatic heterocycles. The zero-order valence-electron chi connectivity index (χ0n) is 13.6. The fourth-order valence-electron chi connectivity index (χ4n) is 2.97. The molecule has 7 nitrogen and oxygen atoms in total. The molecule has 0 bridgehead atoms. The molecular weight excluding hydrogens is 308 g/mol. The molecule has 0 aliphatic carbocycles. The van der Waals surface area contributed by atoms with Crippen LogP contribution in [-0.2, 0) is 11.3 Å². The molecule has 0 aromatic carbocycles. The highest BCUT2D eigenvalue weighted by atomic mass is 16.3. The number of imidazole rings is 1. The first-order valence-electron chi connectivity index (χ1n) is 8.30. The summed E-state index contributed by atoms with van der Waals surface area (Å²) in [6.07, 6.45) is 9.40. The van der Waals surface area contributed by atoms with Crippen LogP contribution in [-0.4, -0.2) is 45.9 Å². The summed E-state index contributed by atoms with van der Waals surface area (Å²) >= 11 is 0. The second-order valence-electron chi connectivity index (χ2n) is 6.01. The summed E-state index contributed by atoms with van der Waals surface area (Å²) in [6, 6.07) is 3.35. The summed E-state index contributed by atoms with van der Waals surface area (Å²) in [6.45, 7) is 2.57. The molecule has 1 saturated heterocycles. The van der Waals surface area contributed by atoms with E-state index in [9.17, 15) is 9.59 Å². The van der Waals surface area contributed by atoms with Crippen LogP contribution in [0, 0.1) is 5.92 Å². The van der Waals surface area contributed by atoms with Gasteiger partial charge >= 0.3 is 0 Å². The van der Waals surface area contributed by atoms with Crippen molar-refractivity contribution in [1.82, 2.24) is 19.8 Å². The minimum Gasteiger partial charge on any atom is -0.459 e. The van der Waals surface area contributed by atoms with E-state index in [-0.39, 0.29) is 17.7 Å². The number of hydrogen-bond donors (Lipinski definition) is 1. The maximum Gasteiger partial charge on any atom is 0.289 e. The van der Waals surface area contributed by atoms with Gasteiger partial charge in [-0.15, -0.1) is 0 Å². The van der Waals surface area contributed by atoms with Gasteiger partial charge in [0.15, 0.2) is 5.76 Å². The van der Waals surface area contributed by atoms with Crippen LogP contribution in [0.5, 0.6) is 0 Å². The normalized spacial score (nSPS) is 17.7. The summed E-state index contributed by atoms with van der Waals surface area (Å²) in [5, 5.41) is 2.97. The van der Waals surface area contributed by atoms with Crippen LogP contribution in [0.1, 0.15) is 29.8 Å². The number of likely N-dealkylation sites (tertiary alicyclic amines) is 1. The Hall–Kier alpha value is -2.57. The molecule has 3 rings (SSSR count). The summed E-state index contributed by atoms with van der Waals surface area (Å²) in [4.78, 5) is 30.3. The molecule has 1 N–H and O–H groups in total. The molecule has 2 aromatic heterocycles. The number of nitrogens with zero attached hydrogens (tertiary/aromatic N) is 3. The number of piperidine rings is 1. The largest absolute Gasteiger partial charge is 0.459 e.